The van der Waals surface area contributed by atoms with Crippen molar-refractivity contribution < 1.29 is 9.21 Å². The van der Waals surface area contributed by atoms with Crippen LogP contribution in [0.15, 0.2) is 110 Å². The second kappa shape index (κ2) is 16.3. The van der Waals surface area contributed by atoms with Gasteiger partial charge in [0.15, 0.2) is 5.58 Å². The fourth-order valence-electron chi connectivity index (χ4n) is 5.56. The highest BCUT2D eigenvalue weighted by molar-refractivity contribution is 7.16. The predicted octanol–water partition coefficient (Wildman–Crippen LogP) is 7.25. The quantitative estimate of drug-likeness (QED) is 0.0940. The van der Waals surface area contributed by atoms with Crippen LogP contribution < -0.4 is 21.6 Å². The highest BCUT2D eigenvalue weighted by atomic mass is 32.1. The zero-order valence-corrected chi connectivity index (χ0v) is 31.0. The lowest BCUT2D eigenvalue weighted by Crippen LogP contribution is -2.03. The summed E-state index contributed by atoms with van der Waals surface area (Å²) in [5, 5.41) is 13.2. The van der Waals surface area contributed by atoms with Gasteiger partial charge in [0.05, 0.1) is 33.2 Å². The molecule has 0 radical (unpaired) electrons. The first-order chi connectivity index (χ1) is 25.9. The maximum atomic E-state index is 10.9. The van der Waals surface area contributed by atoms with Gasteiger partial charge < -0.3 is 24.7 Å². The van der Waals surface area contributed by atoms with E-state index in [9.17, 15) is 19.2 Å². The van der Waals surface area contributed by atoms with Crippen molar-refractivity contribution in [3.63, 3.8) is 0 Å². The van der Waals surface area contributed by atoms with Gasteiger partial charge in [0.1, 0.15) is 11.0 Å². The fraction of sp³-hybridized carbons (Fsp3) is 0.150. The number of aromatic amines is 5. The molecule has 13 nitrogen and oxygen atoms in total. The van der Waals surface area contributed by atoms with Crippen molar-refractivity contribution in [1.29, 1.82) is 0 Å². The summed E-state index contributed by atoms with van der Waals surface area (Å²) in [6.45, 7) is 10.0. The van der Waals surface area contributed by atoms with E-state index in [2.05, 4.69) is 40.7 Å². The highest BCUT2D eigenvalue weighted by Gasteiger charge is 2.16. The zero-order valence-electron chi connectivity index (χ0n) is 30.2. The van der Waals surface area contributed by atoms with Gasteiger partial charge in [-0.2, -0.15) is 15.4 Å². The first-order valence-corrected chi connectivity index (χ1v) is 17.7. The number of carbonyl (C=O) groups is 1. The number of benzene rings is 5. The van der Waals surface area contributed by atoms with Crippen LogP contribution >= 0.6 is 11.3 Å². The van der Waals surface area contributed by atoms with Crippen molar-refractivity contribution in [3.8, 4) is 0 Å². The lowest BCUT2D eigenvalue weighted by Gasteiger charge is -1.97. The number of imidazole rings is 1. The monoisotopic (exact) mass is 742 g/mol. The van der Waals surface area contributed by atoms with Crippen LogP contribution in [0.4, 0.5) is 5.69 Å². The smallest absolute Gasteiger partial charge is 0.408 e. The predicted molar refractivity (Wildman–Crippen MR) is 215 cm³/mol. The van der Waals surface area contributed by atoms with Crippen LogP contribution in [0.3, 0.4) is 0 Å². The Hall–Kier alpha value is -6.80. The van der Waals surface area contributed by atoms with Crippen molar-refractivity contribution in [1.82, 2.24) is 35.3 Å². The van der Waals surface area contributed by atoms with Gasteiger partial charge in [-0.1, -0.05) is 53.3 Å². The lowest BCUT2D eigenvalue weighted by molar-refractivity contribution is -0.115. The molecule has 1 aliphatic heterocycles. The summed E-state index contributed by atoms with van der Waals surface area (Å²) in [6.07, 6.45) is 0.539. The number of fused-ring (bicyclic) bond motifs is 5. The average molecular weight is 743 g/mol. The molecule has 0 unspecified atom stereocenters. The molecule has 0 saturated carbocycles. The van der Waals surface area contributed by atoms with Crippen molar-refractivity contribution in [2.45, 2.75) is 41.0 Å². The molecule has 5 aromatic carbocycles. The summed E-state index contributed by atoms with van der Waals surface area (Å²) in [7, 11) is 0. The summed E-state index contributed by atoms with van der Waals surface area (Å²) in [6, 6.07) is 29.3. The number of hydrogen-bond acceptors (Lipinski definition) is 8. The SMILES string of the molecule is Cc1ccc2[nH]c(=O)[nH]c2c1.Cc1ccc2[nH]c(=O)oc2c1.Cc1ccc2[nH]c(=O)sc2c1.Cc1ccc2c(c1)CC(=O)N2.Cc1ccc2n[nH]nc2c1. The van der Waals surface area contributed by atoms with Gasteiger partial charge in [-0.3, -0.25) is 14.6 Å². The first-order valence-electron chi connectivity index (χ1n) is 16.9. The third kappa shape index (κ3) is 9.54. The van der Waals surface area contributed by atoms with Gasteiger partial charge in [-0.05, 0) is 117 Å². The average Bonchev–Trinajstić information content (AvgIpc) is 3.95. The van der Waals surface area contributed by atoms with Gasteiger partial charge in [-0.15, -0.1) is 0 Å². The largest absolute Gasteiger partial charge is 0.417 e. The van der Waals surface area contributed by atoms with E-state index >= 15 is 0 Å². The van der Waals surface area contributed by atoms with Gasteiger partial charge in [-0.25, -0.2) is 9.59 Å². The molecule has 0 saturated heterocycles. The van der Waals surface area contributed by atoms with E-state index in [-0.39, 0.29) is 16.5 Å². The molecule has 0 spiro atoms. The number of nitrogens with one attached hydrogen (secondary N) is 6. The van der Waals surface area contributed by atoms with Crippen LogP contribution in [0.5, 0.6) is 0 Å². The molecule has 1 amide bonds. The normalized spacial score (nSPS) is 11.4. The Morgan fingerprint density at radius 1 is 0.574 bits per heavy atom. The molecule has 10 rings (SSSR count). The Morgan fingerprint density at radius 2 is 1.19 bits per heavy atom. The summed E-state index contributed by atoms with van der Waals surface area (Å²) in [4.78, 5) is 53.9. The highest BCUT2D eigenvalue weighted by Crippen LogP contribution is 2.23. The second-order valence-electron chi connectivity index (χ2n) is 12.9. The van der Waals surface area contributed by atoms with Gasteiger partial charge >= 0.3 is 16.3 Å². The number of nitrogens with zero attached hydrogens (tertiary/aromatic N) is 2. The second-order valence-corrected chi connectivity index (χ2v) is 13.9. The number of carbonyl (C=O) groups excluding carboxylic acids is 1. The maximum Gasteiger partial charge on any atom is 0.417 e. The number of oxazole rings is 1. The number of hydrogen-bond donors (Lipinski definition) is 6. The van der Waals surface area contributed by atoms with E-state index in [0.29, 0.717) is 12.0 Å². The Labute approximate surface area is 311 Å². The number of H-pyrrole nitrogens is 5. The summed E-state index contributed by atoms with van der Waals surface area (Å²) in [5.74, 6) is -0.295. The van der Waals surface area contributed by atoms with Crippen molar-refractivity contribution in [2.24, 2.45) is 0 Å². The number of amides is 1. The summed E-state index contributed by atoms with van der Waals surface area (Å²) >= 11 is 1.26. The Bertz CT molecular complexity index is 2700. The molecule has 0 fully saturated rings. The molecule has 0 bridgehead atoms. The summed E-state index contributed by atoms with van der Waals surface area (Å²) < 4.78 is 5.87. The fourth-order valence-corrected chi connectivity index (χ4v) is 6.39. The van der Waals surface area contributed by atoms with E-state index in [1.54, 1.807) is 0 Å². The third-order valence-electron chi connectivity index (χ3n) is 8.18. The molecule has 54 heavy (non-hydrogen) atoms. The minimum atomic E-state index is -0.398. The number of rotatable bonds is 0. The molecule has 9 aromatic rings. The molecule has 6 N–H and O–H groups in total. The van der Waals surface area contributed by atoms with Crippen LogP contribution in [0.25, 0.3) is 43.4 Å². The zero-order chi connectivity index (χ0) is 38.4. The van der Waals surface area contributed by atoms with Crippen molar-refractivity contribution in [3.05, 3.63) is 155 Å². The Balaban J connectivity index is 0.000000115. The van der Waals surface area contributed by atoms with Crippen LogP contribution in [0, 0.1) is 34.6 Å². The number of thiazole rings is 1. The standard InChI is InChI=1S/C9H9NO.C8H8N2O.C8H7NO2.C8H7NOS.C7H7N3/c1-6-2-3-8-7(4-6)5-9(11)10-8;1-5-2-3-6-7(4-5)10-8(11)9-6;2*1-5-2-3-6-7(4-5)11-8(10)9-6;1-5-2-3-6-7(4-5)9-10-8-6/h2-4H,5H2,1H3,(H,10,11);2-4H,1H3,(H2,9,10,11);2*2-4H,1H3,(H,9,10);2-4H,1H3,(H,8,9,10). The van der Waals surface area contributed by atoms with Gasteiger partial charge in [0.25, 0.3) is 0 Å². The molecule has 1 aliphatic rings. The third-order valence-corrected chi connectivity index (χ3v) is 9.03. The topological polar surface area (TPSA) is 198 Å². The van der Waals surface area contributed by atoms with Crippen LogP contribution in [0.2, 0.25) is 0 Å². The Morgan fingerprint density at radius 3 is 1.98 bits per heavy atom. The molecular formula is C40H38N8O5S. The first kappa shape index (κ1) is 37.0. The van der Waals surface area contributed by atoms with Crippen LogP contribution in [0.1, 0.15) is 33.4 Å². The van der Waals surface area contributed by atoms with E-state index in [0.717, 1.165) is 60.2 Å². The van der Waals surface area contributed by atoms with E-state index in [1.807, 2.05) is 126 Å². The summed E-state index contributed by atoms with van der Waals surface area (Å²) in [5.41, 5.74) is 13.7. The molecular weight excluding hydrogens is 705 g/mol. The number of anilines is 1. The van der Waals surface area contributed by atoms with Crippen molar-refractivity contribution >= 4 is 66.3 Å². The molecule has 0 atom stereocenters. The Kier molecular flexibility index (Phi) is 11.1. The minimum absolute atomic E-state index is 0.0191. The molecule has 5 heterocycles. The van der Waals surface area contributed by atoms with E-state index < -0.39 is 5.76 Å². The molecule has 4 aromatic heterocycles. The lowest BCUT2D eigenvalue weighted by atomic mass is 10.1. The van der Waals surface area contributed by atoms with Crippen molar-refractivity contribution in [2.75, 3.05) is 5.32 Å². The number of aryl methyl sites for hydroxylation is 5. The molecule has 0 aliphatic carbocycles. The van der Waals surface area contributed by atoms with E-state index in [1.165, 1.54) is 28.0 Å². The molecule has 14 heteroatoms. The van der Waals surface area contributed by atoms with Gasteiger partial charge in [0.2, 0.25) is 5.91 Å². The van der Waals surface area contributed by atoms with Crippen LogP contribution in [-0.2, 0) is 11.2 Å². The van der Waals surface area contributed by atoms with Gasteiger partial charge in [0, 0.05) is 5.69 Å². The van der Waals surface area contributed by atoms with Crippen LogP contribution in [-0.4, -0.2) is 41.3 Å². The maximum absolute atomic E-state index is 10.9. The molecule has 274 valence electrons. The van der Waals surface area contributed by atoms with E-state index in [4.69, 9.17) is 4.42 Å². The minimum Gasteiger partial charge on any atom is -0.408 e. The number of aromatic nitrogens is 7.